The van der Waals surface area contributed by atoms with Gasteiger partial charge in [-0.1, -0.05) is 30.3 Å². The zero-order valence-electron chi connectivity index (χ0n) is 35.1. The third kappa shape index (κ3) is 5.77. The number of amides is 3. The number of benzene rings is 8. The number of rotatable bonds is 12. The Hall–Kier alpha value is -7.44. The summed E-state index contributed by atoms with van der Waals surface area (Å²) < 4.78 is 33.6. The second-order valence-electron chi connectivity index (χ2n) is 15.4. The van der Waals surface area contributed by atoms with Crippen molar-refractivity contribution in [3.63, 3.8) is 0 Å². The van der Waals surface area contributed by atoms with E-state index in [1.807, 2.05) is 84.9 Å². The number of ether oxygens (including phenoxy) is 6. The van der Waals surface area contributed by atoms with Gasteiger partial charge in [0.25, 0.3) is 5.91 Å². The molecular weight excluding hydrogens is 787 g/mol. The Morgan fingerprint density at radius 1 is 0.468 bits per heavy atom. The molecule has 12 nitrogen and oxygen atoms in total. The van der Waals surface area contributed by atoms with Gasteiger partial charge in [-0.3, -0.25) is 14.6 Å². The first kappa shape index (κ1) is 38.7. The van der Waals surface area contributed by atoms with E-state index in [-0.39, 0.29) is 31.6 Å². The molecule has 312 valence electrons. The molecule has 0 aliphatic carbocycles. The summed E-state index contributed by atoms with van der Waals surface area (Å²) in [5.41, 5.74) is 5.01. The van der Waals surface area contributed by atoms with Crippen LogP contribution >= 0.6 is 0 Å². The molecule has 2 aliphatic rings. The van der Waals surface area contributed by atoms with Crippen LogP contribution in [0.15, 0.2) is 103 Å². The summed E-state index contributed by atoms with van der Waals surface area (Å²) in [7, 11) is 9.58. The monoisotopic (exact) mass is 829 g/mol. The summed E-state index contributed by atoms with van der Waals surface area (Å²) in [6.07, 6.45) is -1.21. The zero-order chi connectivity index (χ0) is 43.0. The molecule has 2 heterocycles. The molecule has 1 N–H and O–H groups in total. The first-order chi connectivity index (χ1) is 30.2. The fourth-order valence-electron chi connectivity index (χ4n) is 9.44. The van der Waals surface area contributed by atoms with Gasteiger partial charge in [0.2, 0.25) is 0 Å². The van der Waals surface area contributed by atoms with E-state index in [1.165, 1.54) is 4.90 Å². The second kappa shape index (κ2) is 14.9. The minimum absolute atomic E-state index is 0.127. The molecule has 0 saturated heterocycles. The van der Waals surface area contributed by atoms with Gasteiger partial charge in [-0.25, -0.2) is 4.79 Å². The molecule has 0 fully saturated rings. The molecule has 8 aromatic rings. The van der Waals surface area contributed by atoms with Crippen molar-refractivity contribution in [2.45, 2.75) is 25.9 Å². The van der Waals surface area contributed by atoms with Gasteiger partial charge in [0.15, 0.2) is 6.23 Å². The van der Waals surface area contributed by atoms with Crippen LogP contribution in [0.4, 0.5) is 16.2 Å². The number of nitrogens with zero attached hydrogens (tertiary/aromatic N) is 3. The largest absolute Gasteiger partial charge is 0.497 e. The first-order valence-electron chi connectivity index (χ1n) is 20.1. The maximum Gasteiger partial charge on any atom is 0.329 e. The highest BCUT2D eigenvalue weighted by Crippen LogP contribution is 2.51. The SMILES string of the molecule is COc1ccc(CN2C(=O)N(Cc3ccc(OC)cc3OC)c3ccc4c5ccc6c7c(ccc(c8ccc2c3c84)c75)C(=O)N(Cc2ccc(OC)cc2OC)C6O)c(OC)c1. The van der Waals surface area contributed by atoms with Gasteiger partial charge in [0, 0.05) is 62.2 Å². The van der Waals surface area contributed by atoms with Crippen molar-refractivity contribution in [2.24, 2.45) is 0 Å². The Bertz CT molecular complexity index is 3010. The molecule has 62 heavy (non-hydrogen) atoms. The normalized spacial score (nSPS) is 14.7. The molecule has 10 rings (SSSR count). The molecule has 1 atom stereocenters. The molecule has 12 heteroatoms. The Morgan fingerprint density at radius 2 is 0.887 bits per heavy atom. The Kier molecular flexibility index (Phi) is 9.33. The van der Waals surface area contributed by atoms with Crippen molar-refractivity contribution < 1.29 is 43.1 Å². The predicted octanol–water partition coefficient (Wildman–Crippen LogP) is 9.58. The van der Waals surface area contributed by atoms with Crippen LogP contribution in [0.5, 0.6) is 34.5 Å². The summed E-state index contributed by atoms with van der Waals surface area (Å²) in [6.45, 7) is 0.568. The van der Waals surface area contributed by atoms with Crippen LogP contribution in [0.25, 0.3) is 43.1 Å². The van der Waals surface area contributed by atoms with Crippen LogP contribution < -0.4 is 38.2 Å². The number of fused-ring (bicyclic) bond motifs is 2. The third-order valence-electron chi connectivity index (χ3n) is 12.5. The topological polar surface area (TPSA) is 119 Å². The summed E-state index contributed by atoms with van der Waals surface area (Å²) >= 11 is 0. The van der Waals surface area contributed by atoms with E-state index < -0.39 is 6.23 Å². The van der Waals surface area contributed by atoms with E-state index in [9.17, 15) is 9.90 Å². The van der Waals surface area contributed by atoms with Crippen molar-refractivity contribution in [1.29, 1.82) is 0 Å². The summed E-state index contributed by atoms with van der Waals surface area (Å²) in [5, 5.41) is 19.3. The number of hydrogen-bond acceptors (Lipinski definition) is 9. The highest BCUT2D eigenvalue weighted by Gasteiger charge is 2.37. The van der Waals surface area contributed by atoms with E-state index in [0.29, 0.717) is 45.6 Å². The van der Waals surface area contributed by atoms with E-state index >= 15 is 4.79 Å². The fourth-order valence-corrected chi connectivity index (χ4v) is 9.44. The molecule has 0 bridgehead atoms. The van der Waals surface area contributed by atoms with Gasteiger partial charge < -0.3 is 38.4 Å². The smallest absolute Gasteiger partial charge is 0.329 e. The summed E-state index contributed by atoms with van der Waals surface area (Å²) in [6, 6.07) is 32.4. The second-order valence-corrected chi connectivity index (χ2v) is 15.4. The quantitative estimate of drug-likeness (QED) is 0.0949. The lowest BCUT2D eigenvalue weighted by Crippen LogP contribution is -2.45. The average molecular weight is 830 g/mol. The molecule has 0 radical (unpaired) electrons. The van der Waals surface area contributed by atoms with Gasteiger partial charge in [0.05, 0.1) is 73.7 Å². The zero-order valence-corrected chi connectivity index (χ0v) is 35.1. The van der Waals surface area contributed by atoms with Crippen molar-refractivity contribution in [1.82, 2.24) is 4.90 Å². The highest BCUT2D eigenvalue weighted by atomic mass is 16.5. The predicted molar refractivity (Wildman–Crippen MR) is 239 cm³/mol. The van der Waals surface area contributed by atoms with E-state index in [0.717, 1.165) is 71.2 Å². The van der Waals surface area contributed by atoms with Crippen molar-refractivity contribution >= 4 is 66.4 Å². The van der Waals surface area contributed by atoms with Crippen LogP contribution in [0.1, 0.15) is 38.8 Å². The van der Waals surface area contributed by atoms with Gasteiger partial charge in [-0.05, 0) is 81.5 Å². The fraction of sp³-hybridized carbons (Fsp3) is 0.200. The van der Waals surface area contributed by atoms with E-state index in [2.05, 4.69) is 12.1 Å². The standard InChI is InChI=1S/C50H43N3O9/c1-57-30-10-7-27(41(21-30)60-4)24-51-39-19-17-35-33-13-15-37-46-38(49(55)53(48(37)54)26-29-9-12-32(59-3)23-43(29)62-6)16-14-34(44(33)46)36-18-20-40(47(39)45(35)36)52(50(51)56)25-28-8-11-31(58-2)22-42(28)61-5/h7-23,48,54H,24-26H2,1-6H3. The molecule has 0 saturated carbocycles. The van der Waals surface area contributed by atoms with Crippen molar-refractivity contribution in [3.05, 3.63) is 131 Å². The lowest BCUT2D eigenvalue weighted by atomic mass is 9.83. The Labute approximate surface area is 357 Å². The number of aliphatic hydroxyl groups excluding tert-OH is 1. The molecule has 0 spiro atoms. The van der Waals surface area contributed by atoms with Gasteiger partial charge in [-0.2, -0.15) is 0 Å². The van der Waals surface area contributed by atoms with E-state index in [4.69, 9.17) is 28.4 Å². The molecule has 1 unspecified atom stereocenters. The van der Waals surface area contributed by atoms with Crippen LogP contribution in [0, 0.1) is 0 Å². The molecular formula is C50H43N3O9. The number of methoxy groups -OCH3 is 6. The van der Waals surface area contributed by atoms with Crippen LogP contribution in [-0.2, 0) is 19.6 Å². The molecule has 2 aliphatic heterocycles. The number of urea groups is 1. The third-order valence-corrected chi connectivity index (χ3v) is 12.5. The first-order valence-corrected chi connectivity index (χ1v) is 20.1. The molecule has 0 aromatic heterocycles. The van der Waals surface area contributed by atoms with Crippen LogP contribution in [0.3, 0.4) is 0 Å². The van der Waals surface area contributed by atoms with Crippen molar-refractivity contribution in [2.75, 3.05) is 52.5 Å². The minimum atomic E-state index is -1.21. The van der Waals surface area contributed by atoms with Crippen molar-refractivity contribution in [3.8, 4) is 34.5 Å². The average Bonchev–Trinajstić information content (AvgIpc) is 3.31. The maximum atomic E-state index is 15.0. The number of aliphatic hydroxyl groups is 1. The van der Waals surface area contributed by atoms with Gasteiger partial charge in [0.1, 0.15) is 34.5 Å². The lowest BCUT2D eigenvalue weighted by molar-refractivity contribution is 0.000661. The summed E-state index contributed by atoms with van der Waals surface area (Å²) in [4.78, 5) is 34.5. The van der Waals surface area contributed by atoms with Crippen LogP contribution in [-0.4, -0.2) is 64.6 Å². The number of carbonyl (C=O) groups excluding carboxylic acids is 2. The Balaban J connectivity index is 1.16. The maximum absolute atomic E-state index is 15.0. The van der Waals surface area contributed by atoms with E-state index in [1.54, 1.807) is 58.5 Å². The number of anilines is 2. The van der Waals surface area contributed by atoms with Gasteiger partial charge >= 0.3 is 6.03 Å². The number of carbonyl (C=O) groups is 2. The lowest BCUT2D eigenvalue weighted by Gasteiger charge is -2.38. The molecule has 8 aromatic carbocycles. The highest BCUT2D eigenvalue weighted by molar-refractivity contribution is 6.38. The minimum Gasteiger partial charge on any atom is -0.497 e. The number of hydrogen-bond donors (Lipinski definition) is 1. The summed E-state index contributed by atoms with van der Waals surface area (Å²) in [5.74, 6) is 3.39. The van der Waals surface area contributed by atoms with Gasteiger partial charge in [-0.15, -0.1) is 0 Å². The molecule has 3 amide bonds. The Morgan fingerprint density at radius 3 is 1.34 bits per heavy atom. The van der Waals surface area contributed by atoms with Crippen LogP contribution in [0.2, 0.25) is 0 Å².